The summed E-state index contributed by atoms with van der Waals surface area (Å²) in [6.07, 6.45) is 3.13. The Balaban J connectivity index is 1.78. The van der Waals surface area contributed by atoms with E-state index in [2.05, 4.69) is 0 Å². The lowest BCUT2D eigenvalue weighted by Gasteiger charge is -2.36. The van der Waals surface area contributed by atoms with Crippen LogP contribution in [0.3, 0.4) is 0 Å². The van der Waals surface area contributed by atoms with E-state index in [9.17, 15) is 9.90 Å². The summed E-state index contributed by atoms with van der Waals surface area (Å²) in [6, 6.07) is 0. The van der Waals surface area contributed by atoms with Crippen molar-refractivity contribution in [1.82, 2.24) is 9.80 Å². The van der Waals surface area contributed by atoms with E-state index in [1.807, 2.05) is 30.7 Å². The van der Waals surface area contributed by atoms with Crippen molar-refractivity contribution in [2.24, 2.45) is 5.92 Å². The van der Waals surface area contributed by atoms with E-state index in [4.69, 9.17) is 4.74 Å². The lowest BCUT2D eigenvalue weighted by Crippen LogP contribution is -2.51. The van der Waals surface area contributed by atoms with Crippen molar-refractivity contribution >= 4 is 5.91 Å². The van der Waals surface area contributed by atoms with Crippen LogP contribution in [0, 0.1) is 5.92 Å². The minimum Gasteiger partial charge on any atom is -0.393 e. The van der Waals surface area contributed by atoms with Crippen LogP contribution in [0.1, 0.15) is 33.1 Å². The molecule has 4 unspecified atom stereocenters. The molecule has 1 amide bonds. The van der Waals surface area contributed by atoms with Gasteiger partial charge < -0.3 is 14.7 Å². The monoisotopic (exact) mass is 284 g/mol. The number of rotatable bonds is 4. The lowest BCUT2D eigenvalue weighted by molar-refractivity contribution is -0.144. The van der Waals surface area contributed by atoms with Gasteiger partial charge in [0, 0.05) is 19.6 Å². The van der Waals surface area contributed by atoms with E-state index in [1.165, 1.54) is 0 Å². The van der Waals surface area contributed by atoms with Crippen LogP contribution >= 0.6 is 0 Å². The molecule has 0 spiro atoms. The van der Waals surface area contributed by atoms with Gasteiger partial charge in [-0.25, -0.2) is 0 Å². The van der Waals surface area contributed by atoms with E-state index < -0.39 is 0 Å². The first-order chi connectivity index (χ1) is 9.45. The molecule has 4 atom stereocenters. The number of aliphatic hydroxyl groups excluding tert-OH is 1. The van der Waals surface area contributed by atoms with Crippen LogP contribution in [0.25, 0.3) is 0 Å². The second-order valence-corrected chi connectivity index (χ2v) is 6.51. The zero-order valence-electron chi connectivity index (χ0n) is 12.9. The Labute approximate surface area is 121 Å². The summed E-state index contributed by atoms with van der Waals surface area (Å²) in [6.45, 7) is 6.63. The Bertz CT molecular complexity index is 327. The molecule has 2 aliphatic rings. The highest BCUT2D eigenvalue weighted by Gasteiger charge is 2.29. The van der Waals surface area contributed by atoms with Crippen molar-refractivity contribution < 1.29 is 14.6 Å². The first-order valence-electron chi connectivity index (χ1n) is 7.75. The Kier molecular flexibility index (Phi) is 5.41. The highest BCUT2D eigenvalue weighted by molar-refractivity contribution is 5.78. The summed E-state index contributed by atoms with van der Waals surface area (Å²) in [5, 5.41) is 9.85. The van der Waals surface area contributed by atoms with E-state index in [1.54, 1.807) is 0 Å². The van der Waals surface area contributed by atoms with Crippen molar-refractivity contribution in [3.63, 3.8) is 0 Å². The van der Waals surface area contributed by atoms with Crippen LogP contribution < -0.4 is 0 Å². The first-order valence-corrected chi connectivity index (χ1v) is 7.75. The van der Waals surface area contributed by atoms with Gasteiger partial charge in [-0.2, -0.15) is 0 Å². The molecule has 2 rings (SSSR count). The number of hydrogen-bond donors (Lipinski definition) is 1. The van der Waals surface area contributed by atoms with Crippen LogP contribution in [0.2, 0.25) is 0 Å². The van der Waals surface area contributed by atoms with E-state index in [-0.39, 0.29) is 24.2 Å². The molecule has 0 aromatic rings. The predicted molar refractivity (Wildman–Crippen MR) is 77.4 cm³/mol. The number of ether oxygens (including phenoxy) is 1. The number of carbonyl (C=O) groups excluding carboxylic acids is 1. The van der Waals surface area contributed by atoms with Gasteiger partial charge in [-0.15, -0.1) is 0 Å². The molecular weight excluding hydrogens is 256 g/mol. The van der Waals surface area contributed by atoms with E-state index >= 15 is 0 Å². The van der Waals surface area contributed by atoms with Gasteiger partial charge in [0.15, 0.2) is 0 Å². The molecule has 1 saturated carbocycles. The summed E-state index contributed by atoms with van der Waals surface area (Å²) in [7, 11) is 1.97. The highest BCUT2D eigenvalue weighted by Crippen LogP contribution is 2.26. The van der Waals surface area contributed by atoms with Crippen LogP contribution in [0.5, 0.6) is 0 Å². The molecular formula is C15H28N2O3. The molecule has 2 fully saturated rings. The number of aliphatic hydroxyl groups is 1. The third-order valence-electron chi connectivity index (χ3n) is 4.34. The number of likely N-dealkylation sites (N-methyl/N-ethyl adjacent to an activating group) is 1. The summed E-state index contributed by atoms with van der Waals surface area (Å²) in [5.74, 6) is 0.498. The van der Waals surface area contributed by atoms with Crippen molar-refractivity contribution in [3.8, 4) is 0 Å². The smallest absolute Gasteiger partial charge is 0.236 e. The highest BCUT2D eigenvalue weighted by atomic mass is 16.5. The lowest BCUT2D eigenvalue weighted by atomic mass is 10.1. The summed E-state index contributed by atoms with van der Waals surface area (Å²) >= 11 is 0. The van der Waals surface area contributed by atoms with Crippen LogP contribution in [0.4, 0.5) is 0 Å². The summed E-state index contributed by atoms with van der Waals surface area (Å²) in [5.41, 5.74) is 0. The Morgan fingerprint density at radius 3 is 2.50 bits per heavy atom. The average molecular weight is 284 g/mol. The van der Waals surface area contributed by atoms with Gasteiger partial charge in [0.1, 0.15) is 0 Å². The second-order valence-electron chi connectivity index (χ2n) is 6.51. The maximum absolute atomic E-state index is 12.3. The molecule has 1 N–H and O–H groups in total. The molecule has 0 bridgehead atoms. The van der Waals surface area contributed by atoms with Crippen LogP contribution in [-0.2, 0) is 9.53 Å². The number of hydrogen-bond acceptors (Lipinski definition) is 4. The molecule has 5 heteroatoms. The standard InChI is InChI=1S/C15H28N2O3/c1-11-7-17(8-12(2)20-11)15(19)10-16(3)9-13-5-4-6-14(13)18/h11-14,18H,4-10H2,1-3H3. The van der Waals surface area contributed by atoms with E-state index in [0.717, 1.165) is 25.8 Å². The minimum absolute atomic E-state index is 0.115. The van der Waals surface area contributed by atoms with Crippen LogP contribution in [-0.4, -0.2) is 72.4 Å². The molecule has 1 saturated heterocycles. The number of morpholine rings is 1. The number of amides is 1. The minimum atomic E-state index is -0.184. The molecule has 1 aliphatic heterocycles. The molecule has 1 heterocycles. The summed E-state index contributed by atoms with van der Waals surface area (Å²) < 4.78 is 5.65. The Morgan fingerprint density at radius 1 is 1.30 bits per heavy atom. The SMILES string of the molecule is CC1CN(C(=O)CN(C)CC2CCCC2O)CC(C)O1. The maximum atomic E-state index is 12.3. The normalized spacial score (nSPS) is 34.8. The third-order valence-corrected chi connectivity index (χ3v) is 4.34. The van der Waals surface area contributed by atoms with Crippen molar-refractivity contribution in [3.05, 3.63) is 0 Å². The molecule has 116 valence electrons. The molecule has 0 aromatic carbocycles. The van der Waals surface area contributed by atoms with Gasteiger partial charge in [-0.3, -0.25) is 9.69 Å². The molecule has 1 aliphatic carbocycles. The van der Waals surface area contributed by atoms with Crippen molar-refractivity contribution in [1.29, 1.82) is 0 Å². The fraction of sp³-hybridized carbons (Fsp3) is 0.933. The largest absolute Gasteiger partial charge is 0.393 e. The maximum Gasteiger partial charge on any atom is 0.236 e. The van der Waals surface area contributed by atoms with Crippen LogP contribution in [0.15, 0.2) is 0 Å². The van der Waals surface area contributed by atoms with Gasteiger partial charge in [-0.1, -0.05) is 6.42 Å². The molecule has 5 nitrogen and oxygen atoms in total. The molecule has 20 heavy (non-hydrogen) atoms. The average Bonchev–Trinajstić information content (AvgIpc) is 2.73. The van der Waals surface area contributed by atoms with Gasteiger partial charge in [0.05, 0.1) is 24.9 Å². The number of carbonyl (C=O) groups is 1. The van der Waals surface area contributed by atoms with Gasteiger partial charge in [-0.05, 0) is 39.7 Å². The fourth-order valence-corrected chi connectivity index (χ4v) is 3.41. The van der Waals surface area contributed by atoms with Crippen molar-refractivity contribution in [2.75, 3.05) is 33.2 Å². The van der Waals surface area contributed by atoms with Crippen molar-refractivity contribution in [2.45, 2.75) is 51.4 Å². The molecule has 0 radical (unpaired) electrons. The third kappa shape index (κ3) is 4.17. The van der Waals surface area contributed by atoms with E-state index in [0.29, 0.717) is 25.6 Å². The zero-order chi connectivity index (χ0) is 14.7. The topological polar surface area (TPSA) is 53.0 Å². The van der Waals surface area contributed by atoms with Gasteiger partial charge >= 0.3 is 0 Å². The number of nitrogens with zero attached hydrogens (tertiary/aromatic N) is 2. The summed E-state index contributed by atoms with van der Waals surface area (Å²) in [4.78, 5) is 16.3. The quantitative estimate of drug-likeness (QED) is 0.826. The van der Waals surface area contributed by atoms with Gasteiger partial charge in [0.2, 0.25) is 5.91 Å². The zero-order valence-corrected chi connectivity index (χ0v) is 12.9. The second kappa shape index (κ2) is 6.87. The van der Waals surface area contributed by atoms with Gasteiger partial charge in [0.25, 0.3) is 0 Å². The Hall–Kier alpha value is -0.650. The first kappa shape index (κ1) is 15.7. The fourth-order valence-electron chi connectivity index (χ4n) is 3.41. The molecule has 0 aromatic heterocycles. The predicted octanol–water partition coefficient (Wildman–Crippen LogP) is 0.715. The Morgan fingerprint density at radius 2 is 1.95 bits per heavy atom.